The quantitative estimate of drug-likeness (QED) is 0.783. The number of benzene rings is 1. The fourth-order valence-electron chi connectivity index (χ4n) is 2.74. The molecule has 7 nitrogen and oxygen atoms in total. The van der Waals surface area contributed by atoms with Gasteiger partial charge in [-0.3, -0.25) is 9.59 Å². The van der Waals surface area contributed by atoms with Crippen LogP contribution in [0, 0.1) is 12.3 Å². The Kier molecular flexibility index (Phi) is 6.08. The highest BCUT2D eigenvalue weighted by Gasteiger charge is 2.30. The van der Waals surface area contributed by atoms with Crippen molar-refractivity contribution in [3.05, 3.63) is 29.3 Å². The number of carbonyl (C=O) groups excluding carboxylic acids is 1. The molecule has 0 bridgehead atoms. The van der Waals surface area contributed by atoms with Gasteiger partial charge < -0.3 is 10.4 Å². The Morgan fingerprint density at radius 2 is 1.81 bits per heavy atom. The van der Waals surface area contributed by atoms with Crippen molar-refractivity contribution in [1.29, 1.82) is 0 Å². The second kappa shape index (κ2) is 7.75. The van der Waals surface area contributed by atoms with E-state index >= 15 is 0 Å². The summed E-state index contributed by atoms with van der Waals surface area (Å²) in [6, 6.07) is 4.53. The van der Waals surface area contributed by atoms with Gasteiger partial charge in [0.15, 0.2) is 0 Å². The van der Waals surface area contributed by atoms with Crippen molar-refractivity contribution < 1.29 is 23.1 Å². The lowest BCUT2D eigenvalue weighted by molar-refractivity contribution is -0.146. The summed E-state index contributed by atoms with van der Waals surface area (Å²) in [5.41, 5.74) is -0.325. The number of sulfonamides is 1. The highest BCUT2D eigenvalue weighted by atomic mass is 32.2. The molecule has 0 radical (unpaired) electrons. The third-order valence-corrected chi connectivity index (χ3v) is 6.69. The van der Waals surface area contributed by atoms with Crippen LogP contribution in [0.5, 0.6) is 0 Å². The van der Waals surface area contributed by atoms with Gasteiger partial charge in [0, 0.05) is 25.2 Å². The van der Waals surface area contributed by atoms with Crippen LogP contribution in [-0.2, 0) is 14.8 Å². The number of hydrogen-bond donors (Lipinski definition) is 2. The van der Waals surface area contributed by atoms with Crippen molar-refractivity contribution in [3.63, 3.8) is 0 Å². The number of nitrogens with one attached hydrogen (secondary N) is 1. The van der Waals surface area contributed by atoms with Gasteiger partial charge in [0.05, 0.1) is 10.3 Å². The first-order valence-electron chi connectivity index (χ1n) is 8.68. The minimum atomic E-state index is -3.65. The molecule has 1 fully saturated rings. The molecule has 8 heteroatoms. The van der Waals surface area contributed by atoms with Crippen molar-refractivity contribution in [2.45, 2.75) is 44.9 Å². The Labute approximate surface area is 154 Å². The monoisotopic (exact) mass is 382 g/mol. The molecule has 1 aliphatic heterocycles. The maximum Gasteiger partial charge on any atom is 0.310 e. The standard InChI is InChI=1S/C18H26N2O5S/c1-13-7-8-14(16(21)19-12-18(2,3)17(22)23)11-15(13)26(24,25)20-9-5-4-6-10-20/h7-8,11H,4-6,9-10,12H2,1-3H3,(H,19,21)(H,22,23). The third kappa shape index (κ3) is 4.42. The van der Waals surface area contributed by atoms with Crippen LogP contribution in [0.25, 0.3) is 0 Å². The van der Waals surface area contributed by atoms with Crippen LogP contribution in [0.1, 0.15) is 49.0 Å². The van der Waals surface area contributed by atoms with E-state index in [1.807, 2.05) is 0 Å². The number of piperidine rings is 1. The van der Waals surface area contributed by atoms with Crippen LogP contribution in [0.3, 0.4) is 0 Å². The van der Waals surface area contributed by atoms with Crippen LogP contribution < -0.4 is 5.32 Å². The molecule has 0 spiro atoms. The minimum absolute atomic E-state index is 0.0523. The zero-order chi connectivity index (χ0) is 19.5. The summed E-state index contributed by atoms with van der Waals surface area (Å²) in [5, 5.41) is 11.7. The number of hydrogen-bond acceptors (Lipinski definition) is 4. The number of carbonyl (C=O) groups is 2. The van der Waals surface area contributed by atoms with Gasteiger partial charge in [0.25, 0.3) is 5.91 Å². The summed E-state index contributed by atoms with van der Waals surface area (Å²) in [6.07, 6.45) is 2.69. The topological polar surface area (TPSA) is 104 Å². The zero-order valence-electron chi connectivity index (χ0n) is 15.4. The predicted octanol–water partition coefficient (Wildman–Crippen LogP) is 2.01. The second-order valence-corrected chi connectivity index (χ2v) is 9.22. The summed E-state index contributed by atoms with van der Waals surface area (Å²) in [7, 11) is -3.65. The molecule has 1 saturated heterocycles. The number of amides is 1. The molecule has 0 aliphatic carbocycles. The molecule has 1 amide bonds. The normalized spacial score (nSPS) is 16.3. The maximum atomic E-state index is 12.9. The van der Waals surface area contributed by atoms with Crippen LogP contribution in [0.2, 0.25) is 0 Å². The molecule has 0 aromatic heterocycles. The van der Waals surface area contributed by atoms with E-state index in [0.29, 0.717) is 18.7 Å². The molecule has 1 aromatic carbocycles. The summed E-state index contributed by atoms with van der Waals surface area (Å²) in [5.74, 6) is -1.51. The molecular weight excluding hydrogens is 356 g/mol. The van der Waals surface area contributed by atoms with E-state index in [4.69, 9.17) is 5.11 Å². The van der Waals surface area contributed by atoms with Crippen LogP contribution >= 0.6 is 0 Å². The first kappa shape index (κ1) is 20.4. The average molecular weight is 382 g/mol. The van der Waals surface area contributed by atoms with Crippen LogP contribution in [0.4, 0.5) is 0 Å². The predicted molar refractivity (Wildman–Crippen MR) is 97.5 cm³/mol. The van der Waals surface area contributed by atoms with Gasteiger partial charge in [0.2, 0.25) is 10.0 Å². The number of aryl methyl sites for hydroxylation is 1. The third-order valence-electron chi connectivity index (χ3n) is 4.65. The first-order chi connectivity index (χ1) is 12.1. The summed E-state index contributed by atoms with van der Waals surface area (Å²) in [6.45, 7) is 5.65. The SMILES string of the molecule is Cc1ccc(C(=O)NCC(C)(C)C(=O)O)cc1S(=O)(=O)N1CCCCC1. The number of carboxylic acids is 1. The van der Waals surface area contributed by atoms with Gasteiger partial charge in [0.1, 0.15) is 0 Å². The van der Waals surface area contributed by atoms with Crippen molar-refractivity contribution in [1.82, 2.24) is 9.62 Å². The number of carboxylic acid groups (broad SMARTS) is 1. The zero-order valence-corrected chi connectivity index (χ0v) is 16.2. The highest BCUT2D eigenvalue weighted by molar-refractivity contribution is 7.89. The molecule has 1 aromatic rings. The van der Waals surface area contributed by atoms with E-state index in [1.165, 1.54) is 24.2 Å². The van der Waals surface area contributed by atoms with Gasteiger partial charge in [-0.15, -0.1) is 0 Å². The fraction of sp³-hybridized carbons (Fsp3) is 0.556. The van der Waals surface area contributed by atoms with E-state index in [1.54, 1.807) is 19.1 Å². The highest BCUT2D eigenvalue weighted by Crippen LogP contribution is 2.24. The van der Waals surface area contributed by atoms with E-state index in [-0.39, 0.29) is 17.0 Å². The van der Waals surface area contributed by atoms with Gasteiger partial charge in [-0.25, -0.2) is 8.42 Å². The molecule has 0 atom stereocenters. The van der Waals surface area contributed by atoms with Crippen LogP contribution in [0.15, 0.2) is 23.1 Å². The average Bonchev–Trinajstić information content (AvgIpc) is 2.60. The molecule has 1 aliphatic rings. The van der Waals surface area contributed by atoms with E-state index in [0.717, 1.165) is 19.3 Å². The molecular formula is C18H26N2O5S. The van der Waals surface area contributed by atoms with E-state index in [9.17, 15) is 18.0 Å². The lowest BCUT2D eigenvalue weighted by Gasteiger charge is -2.26. The number of nitrogens with zero attached hydrogens (tertiary/aromatic N) is 1. The van der Waals surface area contributed by atoms with E-state index in [2.05, 4.69) is 5.32 Å². The Balaban J connectivity index is 2.23. The molecule has 2 rings (SSSR count). The lowest BCUT2D eigenvalue weighted by atomic mass is 9.94. The van der Waals surface area contributed by atoms with E-state index < -0.39 is 27.3 Å². The molecule has 26 heavy (non-hydrogen) atoms. The second-order valence-electron chi connectivity index (χ2n) is 7.32. The molecule has 0 saturated carbocycles. The van der Waals surface area contributed by atoms with Crippen molar-refractivity contribution in [2.24, 2.45) is 5.41 Å². The van der Waals surface area contributed by atoms with Gasteiger partial charge in [-0.1, -0.05) is 12.5 Å². The van der Waals surface area contributed by atoms with Crippen LogP contribution in [-0.4, -0.2) is 49.3 Å². The molecule has 144 valence electrons. The lowest BCUT2D eigenvalue weighted by Crippen LogP contribution is -2.39. The largest absolute Gasteiger partial charge is 0.481 e. The van der Waals surface area contributed by atoms with Gasteiger partial charge >= 0.3 is 5.97 Å². The Bertz CT molecular complexity index is 796. The minimum Gasteiger partial charge on any atom is -0.481 e. The Morgan fingerprint density at radius 1 is 1.19 bits per heavy atom. The smallest absolute Gasteiger partial charge is 0.310 e. The number of aliphatic carboxylic acids is 1. The molecule has 1 heterocycles. The summed E-state index contributed by atoms with van der Waals surface area (Å²) in [4.78, 5) is 23.6. The van der Waals surface area contributed by atoms with Gasteiger partial charge in [-0.2, -0.15) is 4.31 Å². The summed E-state index contributed by atoms with van der Waals surface area (Å²) < 4.78 is 27.3. The van der Waals surface area contributed by atoms with Crippen molar-refractivity contribution in [2.75, 3.05) is 19.6 Å². The molecule has 0 unspecified atom stereocenters. The summed E-state index contributed by atoms with van der Waals surface area (Å²) >= 11 is 0. The Morgan fingerprint density at radius 3 is 2.38 bits per heavy atom. The fourth-order valence-corrected chi connectivity index (χ4v) is 4.51. The number of rotatable bonds is 6. The Hall–Kier alpha value is -1.93. The maximum absolute atomic E-state index is 12.9. The van der Waals surface area contributed by atoms with Gasteiger partial charge in [-0.05, 0) is 51.3 Å². The first-order valence-corrected chi connectivity index (χ1v) is 10.1. The van der Waals surface area contributed by atoms with Crippen molar-refractivity contribution >= 4 is 21.9 Å². The van der Waals surface area contributed by atoms with Crippen molar-refractivity contribution in [3.8, 4) is 0 Å². The molecule has 2 N–H and O–H groups in total.